The van der Waals surface area contributed by atoms with Gasteiger partial charge >= 0.3 is 0 Å². The van der Waals surface area contributed by atoms with E-state index in [2.05, 4.69) is 0 Å². The average Bonchev–Trinajstić information content (AvgIpc) is 2.63. The standard InChI is InChI=1S/C12H13NO3S/c14-9-1-3-10(4-2-9)17-8-7-13-11(15)5-6-12(13)16/h1-4,14H,5-8H2. The predicted molar refractivity (Wildman–Crippen MR) is 64.8 cm³/mol. The number of thioether (sulfide) groups is 1. The molecule has 0 saturated carbocycles. The van der Waals surface area contributed by atoms with Crippen LogP contribution in [0.25, 0.3) is 0 Å². The quantitative estimate of drug-likeness (QED) is 0.653. The molecule has 2 rings (SSSR count). The number of phenolic OH excluding ortho intramolecular Hbond substituents is 1. The highest BCUT2D eigenvalue weighted by molar-refractivity contribution is 7.99. The van der Waals surface area contributed by atoms with Gasteiger partial charge in [-0.15, -0.1) is 11.8 Å². The van der Waals surface area contributed by atoms with Gasteiger partial charge in [0.2, 0.25) is 11.8 Å². The molecule has 17 heavy (non-hydrogen) atoms. The van der Waals surface area contributed by atoms with Crippen molar-refractivity contribution < 1.29 is 14.7 Å². The normalized spacial score (nSPS) is 15.6. The minimum Gasteiger partial charge on any atom is -0.508 e. The van der Waals surface area contributed by atoms with Crippen LogP contribution in [-0.2, 0) is 9.59 Å². The maximum absolute atomic E-state index is 11.3. The highest BCUT2D eigenvalue weighted by Crippen LogP contribution is 2.21. The molecule has 1 N–H and O–H groups in total. The summed E-state index contributed by atoms with van der Waals surface area (Å²) in [7, 11) is 0. The third-order valence-electron chi connectivity index (χ3n) is 2.58. The SMILES string of the molecule is O=C1CCC(=O)N1CCSc1ccc(O)cc1. The number of amides is 2. The van der Waals surface area contributed by atoms with Crippen LogP contribution >= 0.6 is 11.8 Å². The molecule has 0 unspecified atom stereocenters. The first-order chi connectivity index (χ1) is 8.16. The van der Waals surface area contributed by atoms with Crippen molar-refractivity contribution in [2.24, 2.45) is 0 Å². The van der Waals surface area contributed by atoms with E-state index in [1.54, 1.807) is 23.9 Å². The lowest BCUT2D eigenvalue weighted by molar-refractivity contribution is -0.137. The zero-order valence-corrected chi connectivity index (χ0v) is 10.1. The van der Waals surface area contributed by atoms with Gasteiger partial charge in [-0.3, -0.25) is 14.5 Å². The van der Waals surface area contributed by atoms with Gasteiger partial charge in [0, 0.05) is 30.0 Å². The Morgan fingerprint density at radius 3 is 2.29 bits per heavy atom. The zero-order chi connectivity index (χ0) is 12.3. The van der Waals surface area contributed by atoms with Crippen molar-refractivity contribution in [3.8, 4) is 5.75 Å². The first-order valence-corrected chi connectivity index (χ1v) is 6.40. The number of phenols is 1. The van der Waals surface area contributed by atoms with Gasteiger partial charge in [-0.2, -0.15) is 0 Å². The smallest absolute Gasteiger partial charge is 0.229 e. The summed E-state index contributed by atoms with van der Waals surface area (Å²) >= 11 is 1.56. The fourth-order valence-corrected chi connectivity index (χ4v) is 2.51. The van der Waals surface area contributed by atoms with Crippen molar-refractivity contribution in [1.82, 2.24) is 4.90 Å². The van der Waals surface area contributed by atoms with Gasteiger partial charge in [-0.1, -0.05) is 0 Å². The molecule has 4 nitrogen and oxygen atoms in total. The third kappa shape index (κ3) is 3.00. The summed E-state index contributed by atoms with van der Waals surface area (Å²) in [5.41, 5.74) is 0. The van der Waals surface area contributed by atoms with Crippen molar-refractivity contribution in [2.45, 2.75) is 17.7 Å². The minimum absolute atomic E-state index is 0.0682. The minimum atomic E-state index is -0.0682. The number of hydrogen-bond acceptors (Lipinski definition) is 4. The number of carbonyl (C=O) groups is 2. The van der Waals surface area contributed by atoms with E-state index in [1.807, 2.05) is 12.1 Å². The third-order valence-corrected chi connectivity index (χ3v) is 3.57. The molecule has 0 bridgehead atoms. The predicted octanol–water partition coefficient (Wildman–Crippen LogP) is 1.63. The molecule has 1 saturated heterocycles. The highest BCUT2D eigenvalue weighted by Gasteiger charge is 2.27. The molecule has 2 amide bonds. The first-order valence-electron chi connectivity index (χ1n) is 5.42. The van der Waals surface area contributed by atoms with Crippen LogP contribution in [0.2, 0.25) is 0 Å². The van der Waals surface area contributed by atoms with Gasteiger partial charge in [0.05, 0.1) is 0 Å². The van der Waals surface area contributed by atoms with Crippen LogP contribution in [0, 0.1) is 0 Å². The van der Waals surface area contributed by atoms with Crippen LogP contribution in [0.3, 0.4) is 0 Å². The number of benzene rings is 1. The fourth-order valence-electron chi connectivity index (χ4n) is 1.67. The van der Waals surface area contributed by atoms with E-state index < -0.39 is 0 Å². The maximum atomic E-state index is 11.3. The molecule has 0 aliphatic carbocycles. The Labute approximate surface area is 104 Å². The summed E-state index contributed by atoms with van der Waals surface area (Å²) in [6.45, 7) is 0.462. The Balaban J connectivity index is 1.81. The van der Waals surface area contributed by atoms with Crippen LogP contribution in [0.5, 0.6) is 5.75 Å². The number of nitrogens with zero attached hydrogens (tertiary/aromatic N) is 1. The summed E-state index contributed by atoms with van der Waals surface area (Å²) in [6, 6.07) is 6.87. The van der Waals surface area contributed by atoms with E-state index in [9.17, 15) is 9.59 Å². The molecule has 5 heteroatoms. The summed E-state index contributed by atoms with van der Waals surface area (Å²) in [6.07, 6.45) is 0.700. The summed E-state index contributed by atoms with van der Waals surface area (Å²) in [4.78, 5) is 25.0. The largest absolute Gasteiger partial charge is 0.508 e. The number of carbonyl (C=O) groups excluding carboxylic acids is 2. The summed E-state index contributed by atoms with van der Waals surface area (Å²) in [5, 5.41) is 9.12. The van der Waals surface area contributed by atoms with Gasteiger partial charge in [0.1, 0.15) is 5.75 Å². The second kappa shape index (κ2) is 5.23. The molecule has 0 radical (unpaired) electrons. The number of aromatic hydroxyl groups is 1. The van der Waals surface area contributed by atoms with Gasteiger partial charge in [-0.25, -0.2) is 0 Å². The lowest BCUT2D eigenvalue weighted by Crippen LogP contribution is -2.31. The van der Waals surface area contributed by atoms with Crippen LogP contribution in [0.4, 0.5) is 0 Å². The topological polar surface area (TPSA) is 57.6 Å². The molecule has 1 aromatic rings. The van der Waals surface area contributed by atoms with Crippen molar-refractivity contribution in [3.63, 3.8) is 0 Å². The van der Waals surface area contributed by atoms with Crippen LogP contribution in [-0.4, -0.2) is 34.1 Å². The molecule has 0 spiro atoms. The van der Waals surface area contributed by atoms with E-state index >= 15 is 0 Å². The molecule has 0 atom stereocenters. The Bertz CT molecular complexity index is 414. The van der Waals surface area contributed by atoms with Crippen molar-refractivity contribution >= 4 is 23.6 Å². The molecule has 1 fully saturated rings. The molecule has 1 heterocycles. The molecular weight excluding hydrogens is 238 g/mol. The van der Waals surface area contributed by atoms with E-state index in [-0.39, 0.29) is 17.6 Å². The monoisotopic (exact) mass is 251 g/mol. The number of hydrogen-bond donors (Lipinski definition) is 1. The molecule has 1 aliphatic rings. The second-order valence-electron chi connectivity index (χ2n) is 3.78. The van der Waals surface area contributed by atoms with Gasteiger partial charge in [0.15, 0.2) is 0 Å². The van der Waals surface area contributed by atoms with E-state index in [0.29, 0.717) is 25.1 Å². The molecule has 90 valence electrons. The summed E-state index contributed by atoms with van der Waals surface area (Å²) < 4.78 is 0. The fraction of sp³-hybridized carbons (Fsp3) is 0.333. The molecule has 1 aromatic carbocycles. The first kappa shape index (κ1) is 12.0. The zero-order valence-electron chi connectivity index (χ0n) is 9.26. The Morgan fingerprint density at radius 2 is 1.71 bits per heavy atom. The maximum Gasteiger partial charge on any atom is 0.229 e. The molecular formula is C12H13NO3S. The number of likely N-dealkylation sites (tertiary alicyclic amines) is 1. The lowest BCUT2D eigenvalue weighted by Gasteiger charge is -2.12. The van der Waals surface area contributed by atoms with Crippen LogP contribution in [0.15, 0.2) is 29.2 Å². The van der Waals surface area contributed by atoms with Gasteiger partial charge < -0.3 is 5.11 Å². The Morgan fingerprint density at radius 1 is 1.12 bits per heavy atom. The van der Waals surface area contributed by atoms with Crippen molar-refractivity contribution in [1.29, 1.82) is 0 Å². The second-order valence-corrected chi connectivity index (χ2v) is 4.95. The van der Waals surface area contributed by atoms with Crippen molar-refractivity contribution in [2.75, 3.05) is 12.3 Å². The van der Waals surface area contributed by atoms with Crippen molar-refractivity contribution in [3.05, 3.63) is 24.3 Å². The highest BCUT2D eigenvalue weighted by atomic mass is 32.2. The lowest BCUT2D eigenvalue weighted by atomic mass is 10.3. The number of imide groups is 1. The van der Waals surface area contributed by atoms with E-state index in [4.69, 9.17) is 5.11 Å². The van der Waals surface area contributed by atoms with Gasteiger partial charge in [-0.05, 0) is 24.3 Å². The van der Waals surface area contributed by atoms with Crippen LogP contribution < -0.4 is 0 Å². The van der Waals surface area contributed by atoms with Crippen LogP contribution in [0.1, 0.15) is 12.8 Å². The number of rotatable bonds is 4. The Kier molecular flexibility index (Phi) is 3.68. The van der Waals surface area contributed by atoms with E-state index in [0.717, 1.165) is 4.90 Å². The van der Waals surface area contributed by atoms with Gasteiger partial charge in [0.25, 0.3) is 0 Å². The van der Waals surface area contributed by atoms with E-state index in [1.165, 1.54) is 4.90 Å². The Hall–Kier alpha value is -1.49. The summed E-state index contributed by atoms with van der Waals surface area (Å²) in [5.74, 6) is 0.782. The molecule has 1 aliphatic heterocycles. The average molecular weight is 251 g/mol. The molecule has 0 aromatic heterocycles.